The summed E-state index contributed by atoms with van der Waals surface area (Å²) in [6.45, 7) is 2.60. The van der Waals surface area contributed by atoms with Crippen molar-refractivity contribution in [2.45, 2.75) is 25.5 Å². The van der Waals surface area contributed by atoms with E-state index in [1.165, 1.54) is 12.8 Å². The summed E-state index contributed by atoms with van der Waals surface area (Å²) in [5.41, 5.74) is 0.977. The maximum atomic E-state index is 5.49. The van der Waals surface area contributed by atoms with Crippen molar-refractivity contribution in [1.82, 2.24) is 15.3 Å². The molecule has 0 saturated carbocycles. The predicted octanol–water partition coefficient (Wildman–Crippen LogP) is 0.745. The molecule has 0 spiro atoms. The summed E-state index contributed by atoms with van der Waals surface area (Å²) in [4.78, 5) is 8.18. The lowest BCUT2D eigenvalue weighted by molar-refractivity contribution is 0.110. The quantitative estimate of drug-likeness (QED) is 0.766. The second-order valence-corrected chi connectivity index (χ2v) is 3.46. The number of rotatable bonds is 4. The monoisotopic (exact) mass is 193 g/mol. The van der Waals surface area contributed by atoms with Crippen molar-refractivity contribution in [2.75, 3.05) is 13.2 Å². The SMILES string of the molecule is c1cnc(CNCC2CCCO2)cn1. The van der Waals surface area contributed by atoms with Gasteiger partial charge in [-0.3, -0.25) is 9.97 Å². The fraction of sp³-hybridized carbons (Fsp3) is 0.600. The lowest BCUT2D eigenvalue weighted by Gasteiger charge is -2.09. The van der Waals surface area contributed by atoms with E-state index < -0.39 is 0 Å². The van der Waals surface area contributed by atoms with Crippen molar-refractivity contribution in [1.29, 1.82) is 0 Å². The molecule has 2 heterocycles. The summed E-state index contributed by atoms with van der Waals surface area (Å²) in [5, 5.41) is 3.32. The highest BCUT2D eigenvalue weighted by Gasteiger charge is 2.14. The minimum absolute atomic E-state index is 0.395. The molecule has 1 aromatic heterocycles. The highest BCUT2D eigenvalue weighted by molar-refractivity contribution is 4.93. The van der Waals surface area contributed by atoms with Crippen LogP contribution in [0.1, 0.15) is 18.5 Å². The molecule has 4 heteroatoms. The van der Waals surface area contributed by atoms with Crippen LogP contribution >= 0.6 is 0 Å². The van der Waals surface area contributed by atoms with Gasteiger partial charge < -0.3 is 10.1 Å². The van der Waals surface area contributed by atoms with E-state index in [2.05, 4.69) is 15.3 Å². The van der Waals surface area contributed by atoms with Crippen molar-refractivity contribution in [3.05, 3.63) is 24.3 Å². The smallest absolute Gasteiger partial charge is 0.0724 e. The summed E-state index contributed by atoms with van der Waals surface area (Å²) < 4.78 is 5.49. The van der Waals surface area contributed by atoms with E-state index in [-0.39, 0.29) is 0 Å². The molecule has 0 amide bonds. The van der Waals surface area contributed by atoms with Crippen molar-refractivity contribution in [3.63, 3.8) is 0 Å². The van der Waals surface area contributed by atoms with E-state index in [9.17, 15) is 0 Å². The first-order valence-electron chi connectivity index (χ1n) is 5.02. The van der Waals surface area contributed by atoms with Crippen molar-refractivity contribution in [3.8, 4) is 0 Å². The van der Waals surface area contributed by atoms with Gasteiger partial charge in [0.25, 0.3) is 0 Å². The number of nitrogens with one attached hydrogen (secondary N) is 1. The number of ether oxygens (including phenoxy) is 1. The molecule has 4 nitrogen and oxygen atoms in total. The molecule has 1 fully saturated rings. The summed E-state index contributed by atoms with van der Waals surface area (Å²) in [6, 6.07) is 0. The van der Waals surface area contributed by atoms with Crippen molar-refractivity contribution >= 4 is 0 Å². The van der Waals surface area contributed by atoms with Crippen LogP contribution in [0.25, 0.3) is 0 Å². The molecule has 1 aliphatic rings. The maximum Gasteiger partial charge on any atom is 0.0724 e. The normalized spacial score (nSPS) is 21.3. The van der Waals surface area contributed by atoms with Gasteiger partial charge in [0.05, 0.1) is 11.8 Å². The summed E-state index contributed by atoms with van der Waals surface area (Å²) in [5.74, 6) is 0. The van der Waals surface area contributed by atoms with Crippen molar-refractivity contribution < 1.29 is 4.74 Å². The second kappa shape index (κ2) is 5.02. The highest BCUT2D eigenvalue weighted by Crippen LogP contribution is 2.10. The Morgan fingerprint density at radius 2 is 2.50 bits per heavy atom. The van der Waals surface area contributed by atoms with Crippen LogP contribution in [0.4, 0.5) is 0 Å². The Bertz CT molecular complexity index is 259. The van der Waals surface area contributed by atoms with Crippen molar-refractivity contribution in [2.24, 2.45) is 0 Å². The molecular weight excluding hydrogens is 178 g/mol. The molecule has 1 aromatic rings. The minimum atomic E-state index is 0.395. The van der Waals surface area contributed by atoms with E-state index in [1.807, 2.05) is 0 Å². The maximum absolute atomic E-state index is 5.49. The Kier molecular flexibility index (Phi) is 3.43. The third-order valence-electron chi connectivity index (χ3n) is 2.32. The molecular formula is C10H15N3O. The zero-order valence-electron chi connectivity index (χ0n) is 8.15. The summed E-state index contributed by atoms with van der Waals surface area (Å²) in [6.07, 6.45) is 7.94. The molecule has 0 aromatic carbocycles. The molecule has 1 N–H and O–H groups in total. The highest BCUT2D eigenvalue weighted by atomic mass is 16.5. The van der Waals surface area contributed by atoms with E-state index in [0.717, 1.165) is 25.4 Å². The van der Waals surface area contributed by atoms with E-state index >= 15 is 0 Å². The molecule has 14 heavy (non-hydrogen) atoms. The van der Waals surface area contributed by atoms with Gasteiger partial charge in [-0.05, 0) is 12.8 Å². The van der Waals surface area contributed by atoms with Crippen LogP contribution < -0.4 is 5.32 Å². The molecule has 0 aliphatic carbocycles. The Balaban J connectivity index is 1.67. The standard InChI is InChI=1S/C10H15N3O/c1-2-10(14-5-1)8-12-7-9-6-11-3-4-13-9/h3-4,6,10,12H,1-2,5,7-8H2. The molecule has 1 unspecified atom stereocenters. The Hall–Kier alpha value is -1.00. The molecule has 1 aliphatic heterocycles. The van der Waals surface area contributed by atoms with E-state index in [0.29, 0.717) is 6.10 Å². The Morgan fingerprint density at radius 3 is 3.21 bits per heavy atom. The van der Waals surface area contributed by atoms with Gasteiger partial charge in [-0.2, -0.15) is 0 Å². The number of hydrogen-bond acceptors (Lipinski definition) is 4. The van der Waals surface area contributed by atoms with Crippen LogP contribution in [-0.2, 0) is 11.3 Å². The number of hydrogen-bond donors (Lipinski definition) is 1. The minimum Gasteiger partial charge on any atom is -0.377 e. The van der Waals surface area contributed by atoms with Gasteiger partial charge >= 0.3 is 0 Å². The van der Waals surface area contributed by atoms with Crippen LogP contribution in [0.5, 0.6) is 0 Å². The average Bonchev–Trinajstić information content (AvgIpc) is 2.72. The van der Waals surface area contributed by atoms with Gasteiger partial charge in [0.15, 0.2) is 0 Å². The fourth-order valence-electron chi connectivity index (χ4n) is 1.59. The predicted molar refractivity (Wildman–Crippen MR) is 52.7 cm³/mol. The third kappa shape index (κ3) is 2.75. The number of aromatic nitrogens is 2. The van der Waals surface area contributed by atoms with Crippen LogP contribution in [0.2, 0.25) is 0 Å². The Labute approximate surface area is 83.7 Å². The van der Waals surface area contributed by atoms with Crippen LogP contribution in [0.15, 0.2) is 18.6 Å². The first-order valence-corrected chi connectivity index (χ1v) is 5.02. The number of nitrogens with zero attached hydrogens (tertiary/aromatic N) is 2. The van der Waals surface area contributed by atoms with Gasteiger partial charge in [0.2, 0.25) is 0 Å². The largest absolute Gasteiger partial charge is 0.377 e. The molecule has 2 rings (SSSR count). The molecule has 76 valence electrons. The molecule has 0 bridgehead atoms. The van der Waals surface area contributed by atoms with E-state index in [1.54, 1.807) is 18.6 Å². The Morgan fingerprint density at radius 1 is 1.50 bits per heavy atom. The van der Waals surface area contributed by atoms with Crippen LogP contribution in [0.3, 0.4) is 0 Å². The van der Waals surface area contributed by atoms with Gasteiger partial charge in [0.1, 0.15) is 0 Å². The molecule has 1 saturated heterocycles. The lowest BCUT2D eigenvalue weighted by atomic mass is 10.2. The van der Waals surface area contributed by atoms with Crippen LogP contribution in [-0.4, -0.2) is 29.2 Å². The summed E-state index contributed by atoms with van der Waals surface area (Å²) >= 11 is 0. The van der Waals surface area contributed by atoms with Crippen LogP contribution in [0, 0.1) is 0 Å². The zero-order valence-corrected chi connectivity index (χ0v) is 8.15. The first kappa shape index (κ1) is 9.55. The average molecular weight is 193 g/mol. The van der Waals surface area contributed by atoms with Gasteiger partial charge in [-0.1, -0.05) is 0 Å². The first-order chi connectivity index (χ1) is 6.95. The van der Waals surface area contributed by atoms with Gasteiger partial charge in [-0.15, -0.1) is 0 Å². The fourth-order valence-corrected chi connectivity index (χ4v) is 1.59. The summed E-state index contributed by atoms with van der Waals surface area (Å²) in [7, 11) is 0. The van der Waals surface area contributed by atoms with Gasteiger partial charge in [-0.25, -0.2) is 0 Å². The second-order valence-electron chi connectivity index (χ2n) is 3.46. The van der Waals surface area contributed by atoms with E-state index in [4.69, 9.17) is 4.74 Å². The zero-order chi connectivity index (χ0) is 9.64. The molecule has 0 radical (unpaired) electrons. The lowest BCUT2D eigenvalue weighted by Crippen LogP contribution is -2.26. The molecule has 1 atom stereocenters. The van der Waals surface area contributed by atoms with Gasteiger partial charge in [0, 0.05) is 38.3 Å². The third-order valence-corrected chi connectivity index (χ3v) is 2.32. The topological polar surface area (TPSA) is 47.0 Å².